The lowest BCUT2D eigenvalue weighted by molar-refractivity contribution is 0.550. The Morgan fingerprint density at radius 1 is 0.792 bits per heavy atom. The molecule has 0 spiro atoms. The van der Waals surface area contributed by atoms with E-state index in [0.29, 0.717) is 0 Å². The van der Waals surface area contributed by atoms with Crippen molar-refractivity contribution in [3.8, 4) is 0 Å². The minimum atomic E-state index is -1.44. The standard InChI is InChI=1S/C21H28OSi2/c1-23(2,3)20-15-21(24(4,5)6)22-19(20)14-17-12-9-11-16-10-7-8-13-18(16)17/h7-13,15H,14H2,1-6H3. The van der Waals surface area contributed by atoms with Crippen molar-refractivity contribution in [1.29, 1.82) is 0 Å². The summed E-state index contributed by atoms with van der Waals surface area (Å²) < 4.78 is 6.46. The third-order valence-corrected chi connectivity index (χ3v) is 8.35. The number of furan rings is 1. The van der Waals surface area contributed by atoms with E-state index in [1.807, 2.05) is 0 Å². The second-order valence-corrected chi connectivity index (χ2v) is 18.8. The van der Waals surface area contributed by atoms with E-state index in [1.54, 1.807) is 0 Å². The number of hydrogen-bond acceptors (Lipinski definition) is 1. The molecule has 3 heteroatoms. The normalized spacial score (nSPS) is 12.8. The molecule has 0 radical (unpaired) electrons. The second kappa shape index (κ2) is 6.05. The van der Waals surface area contributed by atoms with E-state index in [9.17, 15) is 0 Å². The summed E-state index contributed by atoms with van der Waals surface area (Å²) in [6.07, 6.45) is 0.894. The van der Waals surface area contributed by atoms with Crippen LogP contribution in [0.25, 0.3) is 10.8 Å². The van der Waals surface area contributed by atoms with Gasteiger partial charge in [-0.1, -0.05) is 81.7 Å². The fourth-order valence-corrected chi connectivity index (χ4v) is 5.88. The van der Waals surface area contributed by atoms with Crippen molar-refractivity contribution in [2.24, 2.45) is 0 Å². The average Bonchev–Trinajstić information content (AvgIpc) is 2.92. The Balaban J connectivity index is 2.10. The molecule has 0 amide bonds. The van der Waals surface area contributed by atoms with Crippen LogP contribution in [0.3, 0.4) is 0 Å². The van der Waals surface area contributed by atoms with Crippen molar-refractivity contribution < 1.29 is 4.42 Å². The fourth-order valence-electron chi connectivity index (χ4n) is 3.18. The molecule has 0 aliphatic carbocycles. The largest absolute Gasteiger partial charge is 0.471 e. The Kier molecular flexibility index (Phi) is 4.34. The van der Waals surface area contributed by atoms with Crippen molar-refractivity contribution >= 4 is 37.5 Å². The molecule has 1 aromatic heterocycles. The first-order valence-electron chi connectivity index (χ1n) is 8.76. The lowest BCUT2D eigenvalue weighted by Gasteiger charge is -2.16. The molecule has 24 heavy (non-hydrogen) atoms. The summed E-state index contributed by atoms with van der Waals surface area (Å²) in [5, 5.41) is 5.39. The van der Waals surface area contributed by atoms with E-state index in [-0.39, 0.29) is 0 Å². The summed E-state index contributed by atoms with van der Waals surface area (Å²) >= 11 is 0. The van der Waals surface area contributed by atoms with Gasteiger partial charge < -0.3 is 4.42 Å². The minimum Gasteiger partial charge on any atom is -0.471 e. The van der Waals surface area contributed by atoms with E-state index in [0.717, 1.165) is 6.42 Å². The van der Waals surface area contributed by atoms with E-state index in [2.05, 4.69) is 87.8 Å². The maximum Gasteiger partial charge on any atom is 0.123 e. The molecule has 1 heterocycles. The van der Waals surface area contributed by atoms with Gasteiger partial charge in [0.1, 0.15) is 13.8 Å². The fraction of sp³-hybridized carbons (Fsp3) is 0.333. The number of benzene rings is 2. The summed E-state index contributed by atoms with van der Waals surface area (Å²) in [7, 11) is -2.87. The topological polar surface area (TPSA) is 13.1 Å². The van der Waals surface area contributed by atoms with Crippen molar-refractivity contribution in [3.63, 3.8) is 0 Å². The maximum atomic E-state index is 6.46. The molecule has 0 unspecified atom stereocenters. The molecule has 0 atom stereocenters. The lowest BCUT2D eigenvalue weighted by atomic mass is 10.0. The second-order valence-electron chi connectivity index (χ2n) is 8.76. The first-order valence-corrected chi connectivity index (χ1v) is 15.8. The van der Waals surface area contributed by atoms with Crippen LogP contribution in [0.15, 0.2) is 52.9 Å². The molecule has 2 aromatic carbocycles. The van der Waals surface area contributed by atoms with Crippen LogP contribution in [-0.2, 0) is 6.42 Å². The van der Waals surface area contributed by atoms with Gasteiger partial charge >= 0.3 is 0 Å². The minimum absolute atomic E-state index is 0.894. The molecule has 0 aliphatic heterocycles. The molecular weight excluding hydrogens is 324 g/mol. The van der Waals surface area contributed by atoms with Crippen LogP contribution in [0.4, 0.5) is 0 Å². The molecule has 0 aliphatic rings. The molecule has 1 nitrogen and oxygen atoms in total. The molecule has 0 saturated heterocycles. The van der Waals surface area contributed by atoms with Gasteiger partial charge in [-0.05, 0) is 27.6 Å². The first-order chi connectivity index (χ1) is 11.2. The highest BCUT2D eigenvalue weighted by Gasteiger charge is 2.29. The quantitative estimate of drug-likeness (QED) is 0.594. The Morgan fingerprint density at radius 3 is 2.12 bits per heavy atom. The molecule has 0 fully saturated rings. The highest BCUT2D eigenvalue weighted by Crippen LogP contribution is 2.22. The zero-order valence-corrected chi connectivity index (χ0v) is 17.7. The van der Waals surface area contributed by atoms with E-state index >= 15 is 0 Å². The molecule has 3 aromatic rings. The Hall–Kier alpha value is -1.59. The maximum absolute atomic E-state index is 6.46. The SMILES string of the molecule is C[Si](C)(C)c1cc([Si](C)(C)C)c(Cc2cccc3ccccc23)o1. The van der Waals surface area contributed by atoms with Gasteiger partial charge in [0, 0.05) is 6.42 Å². The van der Waals surface area contributed by atoms with Crippen LogP contribution in [0.5, 0.6) is 0 Å². The van der Waals surface area contributed by atoms with E-state index in [1.165, 1.54) is 32.7 Å². The predicted octanol–water partition coefficient (Wildman–Crippen LogP) is 5.11. The average molecular weight is 353 g/mol. The molecular formula is C21H28OSi2. The van der Waals surface area contributed by atoms with Crippen LogP contribution in [0.1, 0.15) is 11.3 Å². The highest BCUT2D eigenvalue weighted by molar-refractivity contribution is 6.91. The van der Waals surface area contributed by atoms with Crippen LogP contribution in [0, 0.1) is 0 Å². The van der Waals surface area contributed by atoms with Gasteiger partial charge in [-0.15, -0.1) is 0 Å². The Bertz CT molecular complexity index is 858. The van der Waals surface area contributed by atoms with Gasteiger partial charge in [-0.25, -0.2) is 0 Å². The zero-order chi connectivity index (χ0) is 17.5. The summed E-state index contributed by atoms with van der Waals surface area (Å²) in [5.41, 5.74) is 1.36. The Labute approximate surface area is 147 Å². The summed E-state index contributed by atoms with van der Waals surface area (Å²) in [4.78, 5) is 0. The molecule has 3 rings (SSSR count). The van der Waals surface area contributed by atoms with Crippen LogP contribution in [-0.4, -0.2) is 16.1 Å². The number of fused-ring (bicyclic) bond motifs is 1. The van der Waals surface area contributed by atoms with E-state index in [4.69, 9.17) is 4.42 Å². The summed E-state index contributed by atoms with van der Waals surface area (Å²) in [6, 6.07) is 17.6. The van der Waals surface area contributed by atoms with Gasteiger partial charge in [0.25, 0.3) is 0 Å². The first kappa shape index (κ1) is 17.2. The predicted molar refractivity (Wildman–Crippen MR) is 111 cm³/mol. The van der Waals surface area contributed by atoms with Gasteiger partial charge in [-0.3, -0.25) is 0 Å². The van der Waals surface area contributed by atoms with Gasteiger partial charge in [0.15, 0.2) is 0 Å². The lowest BCUT2D eigenvalue weighted by Crippen LogP contribution is -2.41. The van der Waals surface area contributed by atoms with Crippen molar-refractivity contribution in [2.75, 3.05) is 0 Å². The Morgan fingerprint density at radius 2 is 1.46 bits per heavy atom. The van der Waals surface area contributed by atoms with Crippen molar-refractivity contribution in [3.05, 3.63) is 59.9 Å². The van der Waals surface area contributed by atoms with E-state index < -0.39 is 16.1 Å². The monoisotopic (exact) mass is 352 g/mol. The van der Waals surface area contributed by atoms with Gasteiger partial charge in [0.2, 0.25) is 0 Å². The smallest absolute Gasteiger partial charge is 0.123 e. The third-order valence-electron chi connectivity index (χ3n) is 4.59. The van der Waals surface area contributed by atoms with Gasteiger partial charge in [0.05, 0.1) is 13.5 Å². The molecule has 0 bridgehead atoms. The van der Waals surface area contributed by atoms with Crippen LogP contribution < -0.4 is 10.6 Å². The summed E-state index contributed by atoms with van der Waals surface area (Å²) in [6.45, 7) is 14.3. The molecule has 0 N–H and O–H groups in total. The highest BCUT2D eigenvalue weighted by atomic mass is 28.3. The summed E-state index contributed by atoms with van der Waals surface area (Å²) in [5.74, 6) is 1.20. The third kappa shape index (κ3) is 3.42. The van der Waals surface area contributed by atoms with Gasteiger partial charge in [-0.2, -0.15) is 0 Å². The van der Waals surface area contributed by atoms with Crippen molar-refractivity contribution in [1.82, 2.24) is 0 Å². The molecule has 126 valence electrons. The number of rotatable bonds is 4. The zero-order valence-electron chi connectivity index (χ0n) is 15.7. The van der Waals surface area contributed by atoms with Crippen LogP contribution in [0.2, 0.25) is 39.3 Å². The van der Waals surface area contributed by atoms with Crippen molar-refractivity contribution in [2.45, 2.75) is 45.7 Å². The number of hydrogen-bond donors (Lipinski definition) is 0. The van der Waals surface area contributed by atoms with Crippen LogP contribution >= 0.6 is 0 Å². The molecule has 0 saturated carbocycles.